The van der Waals surface area contributed by atoms with Crippen LogP contribution in [0.3, 0.4) is 0 Å². The van der Waals surface area contributed by atoms with E-state index < -0.39 is 0 Å². The lowest BCUT2D eigenvalue weighted by atomic mass is 10.1. The molecule has 0 aliphatic rings. The molecular weight excluding hydrogens is 380 g/mol. The molecule has 0 saturated carbocycles. The molecule has 5 nitrogen and oxygen atoms in total. The summed E-state index contributed by atoms with van der Waals surface area (Å²) in [6, 6.07) is 13.5. The third-order valence-electron chi connectivity index (χ3n) is 4.64. The zero-order chi connectivity index (χ0) is 20.5. The summed E-state index contributed by atoms with van der Waals surface area (Å²) in [6.45, 7) is 8.20. The third kappa shape index (κ3) is 3.78. The fourth-order valence-corrected chi connectivity index (χ4v) is 4.23. The highest BCUT2D eigenvalue weighted by Crippen LogP contribution is 2.37. The van der Waals surface area contributed by atoms with Gasteiger partial charge in [0.1, 0.15) is 10.4 Å². The van der Waals surface area contributed by atoms with Gasteiger partial charge >= 0.3 is 0 Å². The Morgan fingerprint density at radius 2 is 1.66 bits per heavy atom. The van der Waals surface area contributed by atoms with Crippen molar-refractivity contribution < 1.29 is 4.74 Å². The predicted octanol–water partition coefficient (Wildman–Crippen LogP) is 6.33. The molecule has 0 amide bonds. The fraction of sp³-hybridized carbons (Fsp3) is 0.174. The molecule has 1 N–H and O–H groups in total. The van der Waals surface area contributed by atoms with E-state index >= 15 is 0 Å². The molecule has 0 saturated heterocycles. The van der Waals surface area contributed by atoms with E-state index in [-0.39, 0.29) is 0 Å². The lowest BCUT2D eigenvalue weighted by molar-refractivity contribution is 0.462. The molecule has 0 spiro atoms. The van der Waals surface area contributed by atoms with Gasteiger partial charge in [0.05, 0.1) is 17.1 Å². The van der Waals surface area contributed by atoms with Gasteiger partial charge in [-0.25, -0.2) is 4.98 Å². The molecule has 0 aliphatic heterocycles. The van der Waals surface area contributed by atoms with Crippen LogP contribution in [0.4, 0.5) is 11.6 Å². The van der Waals surface area contributed by atoms with Gasteiger partial charge in [0.2, 0.25) is 11.8 Å². The minimum Gasteiger partial charge on any atom is -0.437 e. The van der Waals surface area contributed by atoms with Gasteiger partial charge < -0.3 is 10.1 Å². The molecule has 0 bridgehead atoms. The minimum absolute atomic E-state index is 0.459. The first kappa shape index (κ1) is 18.9. The number of hydrogen-bond donors (Lipinski definition) is 1. The number of aromatic nitrogens is 2. The number of anilines is 2. The van der Waals surface area contributed by atoms with Crippen molar-refractivity contribution in [1.82, 2.24) is 9.97 Å². The summed E-state index contributed by atoms with van der Waals surface area (Å²) in [6.07, 6.45) is 0. The Balaban J connectivity index is 1.76. The Labute approximate surface area is 173 Å². The molecule has 144 valence electrons. The van der Waals surface area contributed by atoms with E-state index in [1.807, 2.05) is 32.9 Å². The van der Waals surface area contributed by atoms with Crippen LogP contribution in [0.25, 0.3) is 10.2 Å². The Morgan fingerprint density at radius 1 is 0.966 bits per heavy atom. The van der Waals surface area contributed by atoms with Crippen LogP contribution in [0.1, 0.15) is 27.8 Å². The van der Waals surface area contributed by atoms with Gasteiger partial charge in [-0.2, -0.15) is 10.2 Å². The Morgan fingerprint density at radius 3 is 2.31 bits per heavy atom. The topological polar surface area (TPSA) is 70.8 Å². The maximum atomic E-state index is 8.97. The monoisotopic (exact) mass is 400 g/mol. The minimum atomic E-state index is 0.459. The average molecular weight is 401 g/mol. The molecule has 4 rings (SSSR count). The average Bonchev–Trinajstić information content (AvgIpc) is 3.06. The first-order valence-electron chi connectivity index (χ1n) is 9.23. The first-order valence-corrected chi connectivity index (χ1v) is 10.1. The van der Waals surface area contributed by atoms with Crippen molar-refractivity contribution >= 4 is 33.2 Å². The maximum Gasteiger partial charge on any atom is 0.242 e. The highest BCUT2D eigenvalue weighted by atomic mass is 32.1. The van der Waals surface area contributed by atoms with Crippen LogP contribution in [0.5, 0.6) is 11.6 Å². The third-order valence-corrected chi connectivity index (χ3v) is 5.71. The number of benzene rings is 2. The second-order valence-electron chi connectivity index (χ2n) is 7.09. The van der Waals surface area contributed by atoms with Gasteiger partial charge in [-0.05, 0) is 74.0 Å². The van der Waals surface area contributed by atoms with E-state index in [0.29, 0.717) is 17.4 Å². The van der Waals surface area contributed by atoms with Crippen LogP contribution in [-0.2, 0) is 0 Å². The molecule has 2 aromatic heterocycles. The molecule has 0 fully saturated rings. The summed E-state index contributed by atoms with van der Waals surface area (Å²) in [5.41, 5.74) is 6.72. The largest absolute Gasteiger partial charge is 0.437 e. The Bertz CT molecular complexity index is 1230. The lowest BCUT2D eigenvalue weighted by Gasteiger charge is -2.14. The van der Waals surface area contributed by atoms with E-state index in [4.69, 9.17) is 10.00 Å². The van der Waals surface area contributed by atoms with E-state index in [0.717, 1.165) is 38.3 Å². The molecule has 0 atom stereocenters. The number of thiophene rings is 1. The molecular formula is C23H20N4OS. The molecule has 2 heterocycles. The molecule has 0 aliphatic carbocycles. The van der Waals surface area contributed by atoms with Gasteiger partial charge in [-0.3, -0.25) is 0 Å². The highest BCUT2D eigenvalue weighted by Gasteiger charge is 2.16. The summed E-state index contributed by atoms with van der Waals surface area (Å²) >= 11 is 1.58. The van der Waals surface area contributed by atoms with Crippen LogP contribution < -0.4 is 10.1 Å². The number of ether oxygens (including phenoxy) is 1. The van der Waals surface area contributed by atoms with Gasteiger partial charge in [0.25, 0.3) is 0 Å². The van der Waals surface area contributed by atoms with E-state index in [9.17, 15) is 0 Å². The lowest BCUT2D eigenvalue weighted by Crippen LogP contribution is -2.01. The number of nitrogens with zero attached hydrogens (tertiary/aromatic N) is 3. The van der Waals surface area contributed by atoms with Gasteiger partial charge in [0.15, 0.2) is 0 Å². The second-order valence-corrected chi connectivity index (χ2v) is 7.97. The molecule has 0 unspecified atom stereocenters. The van der Waals surface area contributed by atoms with Gasteiger partial charge in [-0.15, -0.1) is 11.3 Å². The SMILES string of the molecule is Cc1cc(C)c(Oc2nc(Nc3ccc(C#N)cc3)nc3c(C)csc23)c(C)c1. The summed E-state index contributed by atoms with van der Waals surface area (Å²) < 4.78 is 7.24. The van der Waals surface area contributed by atoms with E-state index in [1.165, 1.54) is 5.56 Å². The normalized spacial score (nSPS) is 10.7. The number of hydrogen-bond acceptors (Lipinski definition) is 6. The smallest absolute Gasteiger partial charge is 0.242 e. The molecule has 6 heteroatoms. The standard InChI is InChI=1S/C23H20N4OS/c1-13-9-14(2)20(15(3)10-13)28-22-21-19(16(4)12-29-21)26-23(27-22)25-18-7-5-17(11-24)6-8-18/h5-10,12H,1-4H3,(H,25,26,27). The fourth-order valence-electron chi connectivity index (χ4n) is 3.31. The maximum absolute atomic E-state index is 8.97. The van der Waals surface area contributed by atoms with Crippen LogP contribution in [0, 0.1) is 39.0 Å². The zero-order valence-corrected chi connectivity index (χ0v) is 17.5. The van der Waals surface area contributed by atoms with Crippen LogP contribution in [-0.4, -0.2) is 9.97 Å². The first-order chi connectivity index (χ1) is 13.9. The Hall–Kier alpha value is -3.43. The van der Waals surface area contributed by atoms with E-state index in [1.54, 1.807) is 23.5 Å². The van der Waals surface area contributed by atoms with Crippen molar-refractivity contribution in [2.45, 2.75) is 27.7 Å². The number of fused-ring (bicyclic) bond motifs is 1. The molecule has 29 heavy (non-hydrogen) atoms. The molecule has 4 aromatic rings. The summed E-state index contributed by atoms with van der Waals surface area (Å²) in [7, 11) is 0. The van der Waals surface area contributed by atoms with Crippen LogP contribution in [0.15, 0.2) is 41.8 Å². The van der Waals surface area contributed by atoms with Crippen molar-refractivity contribution in [3.63, 3.8) is 0 Å². The van der Waals surface area contributed by atoms with Crippen molar-refractivity contribution in [3.05, 3.63) is 69.6 Å². The van der Waals surface area contributed by atoms with E-state index in [2.05, 4.69) is 45.8 Å². The molecule has 0 radical (unpaired) electrons. The summed E-state index contributed by atoms with van der Waals surface area (Å²) in [5.74, 6) is 1.83. The summed E-state index contributed by atoms with van der Waals surface area (Å²) in [5, 5.41) is 14.3. The number of nitriles is 1. The van der Waals surface area contributed by atoms with Crippen LogP contribution in [0.2, 0.25) is 0 Å². The van der Waals surface area contributed by atoms with Gasteiger partial charge in [-0.1, -0.05) is 17.7 Å². The predicted molar refractivity (Wildman–Crippen MR) is 117 cm³/mol. The highest BCUT2D eigenvalue weighted by molar-refractivity contribution is 7.17. The van der Waals surface area contributed by atoms with Gasteiger partial charge in [0, 0.05) is 5.69 Å². The quantitative estimate of drug-likeness (QED) is 0.433. The number of rotatable bonds is 4. The molecule has 2 aromatic carbocycles. The van der Waals surface area contributed by atoms with Crippen molar-refractivity contribution in [2.75, 3.05) is 5.32 Å². The number of nitrogens with one attached hydrogen (secondary N) is 1. The summed E-state index contributed by atoms with van der Waals surface area (Å²) in [4.78, 5) is 9.33. The Kier molecular flexibility index (Phi) is 4.91. The second kappa shape index (κ2) is 7.53. The zero-order valence-electron chi connectivity index (χ0n) is 16.7. The van der Waals surface area contributed by atoms with Crippen molar-refractivity contribution in [3.8, 4) is 17.7 Å². The van der Waals surface area contributed by atoms with Crippen molar-refractivity contribution in [2.24, 2.45) is 0 Å². The van der Waals surface area contributed by atoms with Crippen molar-refractivity contribution in [1.29, 1.82) is 5.26 Å². The van der Waals surface area contributed by atoms with Crippen LogP contribution >= 0.6 is 11.3 Å². The number of aryl methyl sites for hydroxylation is 4.